The molecule has 1 saturated heterocycles. The number of Topliss-reactive ketones (excluding diaryl/α,β-unsaturated/α-hetero) is 3. The molecule has 3 aliphatic heterocycles. The van der Waals surface area contributed by atoms with Gasteiger partial charge < -0.3 is 67.5 Å². The van der Waals surface area contributed by atoms with Crippen LogP contribution < -0.4 is 58.1 Å². The third-order valence-corrected chi connectivity index (χ3v) is 22.0. The van der Waals surface area contributed by atoms with E-state index in [1.54, 1.807) is 80.9 Å². The first-order valence-electron chi connectivity index (χ1n) is 31.4. The average molecular weight is 1860 g/mol. The van der Waals surface area contributed by atoms with Crippen LogP contribution in [0.3, 0.4) is 0 Å². The van der Waals surface area contributed by atoms with Gasteiger partial charge in [0.1, 0.15) is 23.5 Å². The highest BCUT2D eigenvalue weighted by molar-refractivity contribution is 9.11. The fraction of sp³-hybridized carbons (Fsp3) is 0.355. The third kappa shape index (κ3) is 24.6. The number of nitrogens with one attached hydrogen (secondary N) is 4. The molecule has 12 N–H and O–H groups in total. The number of ether oxygens (including phenoxy) is 4. The molecule has 0 bridgehead atoms. The first-order valence-corrected chi connectivity index (χ1v) is 39.0. The number of rotatable bonds is 19. The van der Waals surface area contributed by atoms with Gasteiger partial charge in [-0.2, -0.15) is 0 Å². The highest BCUT2D eigenvalue weighted by Gasteiger charge is 2.40. The van der Waals surface area contributed by atoms with Crippen molar-refractivity contribution in [3.8, 4) is 16.8 Å². The standard InChI is InChI=1S/C16H15N7O2S.C12H15BrN2O4S.C11H10BrN5OS.C10H9BrN2O3S.C8H11BrN2O2S.C5H7BN2O3.ClH/c1-8-12-9(22-16(17)20-8)5-10(21-14(12)24)13-15(26-7-19-13)23-4-3-18-6-11(23)25-2;1-3-19-10(18)5-8(11-12(13)20-6-14-11)15-9(17)4-7(2)16;1-4-7-5(17-11(13)15-4)2-6(16-10(7)18)8-9(12)19-3-14-8;1-4(14)7-6(15)2-5(13-10(7)16)8-9(11)17-3-12-8;1-2-13-6(12)3-5(10)7-8(9)14-4-11-7;1-11-5-3-7-2-4(8-5)6(9)10;/h3-4,6-7,10H,5H2,1-2H3,(H2-,17,20,21,22,24);6,8H,3-5H2,1-2H3,(H,15,17);3,6H,2H2,1H3,(H,16,18)(H2,13,15,17);3,5,7H,2H2,1H3,(H,13,16);4-5H,2-3,10H2,1H3;2-3,9-10H,1H3;1H/p+1/t10-;8-;6-;5-,7?;5-;;/m11111../s1. The molecule has 12 heterocycles. The number of hydrogen-bond acceptors (Lipinski definition) is 35. The minimum atomic E-state index is -1.60. The lowest BCUT2D eigenvalue weighted by Gasteiger charge is -2.26. The molecule has 3 aliphatic rings. The molecule has 0 spiro atoms. The average Bonchev–Trinajstić information content (AvgIpc) is 1.18. The van der Waals surface area contributed by atoms with Crippen LogP contribution in [-0.4, -0.2) is 157 Å². The summed E-state index contributed by atoms with van der Waals surface area (Å²) in [5.74, 6) is -3.04. The zero-order valence-electron chi connectivity index (χ0n) is 58.2. The number of hydrogen-bond donors (Lipinski definition) is 9. The largest absolute Gasteiger partial charge is 0.509 e. The summed E-state index contributed by atoms with van der Waals surface area (Å²) in [6.07, 6.45) is 8.79. The number of aromatic nitrogens is 13. The van der Waals surface area contributed by atoms with Crippen molar-refractivity contribution in [1.29, 1.82) is 0 Å². The number of methoxy groups -OCH3 is 2. The van der Waals surface area contributed by atoms with Gasteiger partial charge in [0.15, 0.2) is 17.9 Å². The Morgan fingerprint density at radius 2 is 1.15 bits per heavy atom. The molecule has 46 heteroatoms. The van der Waals surface area contributed by atoms with Crippen LogP contribution in [0.4, 0.5) is 11.9 Å². The van der Waals surface area contributed by atoms with Crippen molar-refractivity contribution >= 4 is 210 Å². The van der Waals surface area contributed by atoms with Crippen LogP contribution in [0, 0.1) is 19.8 Å². The van der Waals surface area contributed by atoms with Gasteiger partial charge >= 0.3 is 24.9 Å². The fourth-order valence-corrected chi connectivity index (χ4v) is 15.9. The summed E-state index contributed by atoms with van der Waals surface area (Å²) in [4.78, 5) is 154. The lowest BCUT2D eigenvalue weighted by molar-refractivity contribution is -0.600. The van der Waals surface area contributed by atoms with Crippen LogP contribution in [-0.2, 0) is 55.9 Å². The molecule has 0 radical (unpaired) electrons. The van der Waals surface area contributed by atoms with E-state index in [0.717, 1.165) is 31.5 Å². The Hall–Kier alpha value is -8.35. The van der Waals surface area contributed by atoms with Crippen LogP contribution >= 0.6 is 133 Å². The molecule has 108 heavy (non-hydrogen) atoms. The Balaban J connectivity index is 0.000000206. The van der Waals surface area contributed by atoms with Crippen molar-refractivity contribution in [2.24, 2.45) is 11.7 Å². The lowest BCUT2D eigenvalue weighted by Crippen LogP contribution is -2.47. The number of amides is 4. The number of carbonyl (C=O) groups is 9. The SMILES string of the molecule is CC(=O)C1C(=O)C[C@H](c2ncsc2Br)NC1=O.CCOC(=O)C[C@@H](N)c1ncsc1Br.CCOC(=O)C[C@@H](NC(=O)CC(C)=O)c1ncsc1Br.COc1cncc(B(O)O)n1.COc1cncc[n+]1-c1scnc1[C@H]1Cc2nc(N)nc(C)c2C(=O)N1.Cc1nc(N)nc2c1C(=O)N[C@@H](c1ncsc1Br)C2.Cl. The Bertz CT molecular complexity index is 4660. The molecule has 9 aromatic rings. The number of thiazole rings is 5. The predicted octanol–water partition coefficient (Wildman–Crippen LogP) is 5.83. The molecule has 1 unspecified atom stereocenters. The van der Waals surface area contributed by atoms with Gasteiger partial charge in [-0.05, 0) is 105 Å². The topological polar surface area (TPSA) is 516 Å². The number of nitrogens with zero attached hydrogens (tertiary/aromatic N) is 13. The first-order chi connectivity index (χ1) is 51.0. The van der Waals surface area contributed by atoms with E-state index in [-0.39, 0.29) is 110 Å². The molecule has 0 aromatic carbocycles. The van der Waals surface area contributed by atoms with Crippen molar-refractivity contribution in [3.63, 3.8) is 0 Å². The molecule has 0 aliphatic carbocycles. The van der Waals surface area contributed by atoms with E-state index in [9.17, 15) is 43.2 Å². The second kappa shape index (κ2) is 42.6. The fourth-order valence-electron chi connectivity index (χ4n) is 10.2. The molecule has 0 saturated carbocycles. The van der Waals surface area contributed by atoms with Crippen LogP contribution in [0.5, 0.6) is 11.8 Å². The van der Waals surface area contributed by atoms with Gasteiger partial charge in [0.05, 0.1) is 194 Å². The summed E-state index contributed by atoms with van der Waals surface area (Å²) >= 11 is 20.5. The van der Waals surface area contributed by atoms with Gasteiger partial charge in [-0.3, -0.25) is 48.1 Å². The highest BCUT2D eigenvalue weighted by Crippen LogP contribution is 2.35. The maximum atomic E-state index is 12.6. The van der Waals surface area contributed by atoms with E-state index in [2.05, 4.69) is 145 Å². The number of nitrogens with two attached hydrogens (primary N) is 3. The van der Waals surface area contributed by atoms with Crippen molar-refractivity contribution in [2.75, 3.05) is 38.9 Å². The van der Waals surface area contributed by atoms with Crippen molar-refractivity contribution < 1.29 is 76.7 Å². The second-order valence-corrected chi connectivity index (χ2v) is 31.8. The summed E-state index contributed by atoms with van der Waals surface area (Å²) in [6, 6.07) is -1.95. The summed E-state index contributed by atoms with van der Waals surface area (Å²) in [6.45, 7) is 10.2. The molecule has 35 nitrogen and oxygen atoms in total. The minimum absolute atomic E-state index is 0. The van der Waals surface area contributed by atoms with E-state index in [1.807, 2.05) is 4.57 Å². The number of piperidine rings is 1. The minimum Gasteiger partial charge on any atom is -0.480 e. The maximum absolute atomic E-state index is 12.6. The van der Waals surface area contributed by atoms with Crippen molar-refractivity contribution in [2.45, 2.75) is 110 Å². The van der Waals surface area contributed by atoms with E-state index in [4.69, 9.17) is 46.2 Å². The predicted molar refractivity (Wildman–Crippen MR) is 413 cm³/mol. The summed E-state index contributed by atoms with van der Waals surface area (Å²) in [7, 11) is 1.41. The molecule has 574 valence electrons. The number of esters is 2. The van der Waals surface area contributed by atoms with Crippen LogP contribution in [0.2, 0.25) is 0 Å². The summed E-state index contributed by atoms with van der Waals surface area (Å²) < 4.78 is 24.9. The molecule has 6 atom stereocenters. The summed E-state index contributed by atoms with van der Waals surface area (Å²) in [5, 5.41) is 29.3. The van der Waals surface area contributed by atoms with Gasteiger partial charge in [-0.25, -0.2) is 54.8 Å². The Morgan fingerprint density at radius 3 is 1.62 bits per heavy atom. The number of halogens is 5. The van der Waals surface area contributed by atoms with E-state index in [0.29, 0.717) is 76.3 Å². The van der Waals surface area contributed by atoms with Crippen molar-refractivity contribution in [3.05, 3.63) is 136 Å². The molecular formula is C62H69BBr4ClN20O15S5+. The first kappa shape index (κ1) is 88.6. The number of nitrogen functional groups attached to an aromatic ring is 2. The Kier molecular flexibility index (Phi) is 34.9. The molecule has 9 aromatic heterocycles. The van der Waals surface area contributed by atoms with Gasteiger partial charge in [0.25, 0.3) is 16.8 Å². The number of carbonyl (C=O) groups excluding carboxylic acids is 9. The normalized spacial score (nSPS) is 15.7. The quantitative estimate of drug-likeness (QED) is 0.0199. The zero-order valence-corrected chi connectivity index (χ0v) is 69.4. The van der Waals surface area contributed by atoms with E-state index in [1.165, 1.54) is 90.0 Å². The van der Waals surface area contributed by atoms with Crippen LogP contribution in [0.25, 0.3) is 5.00 Å². The highest BCUT2D eigenvalue weighted by atomic mass is 79.9. The number of ketones is 3. The van der Waals surface area contributed by atoms with E-state index < -0.39 is 54.7 Å². The smallest absolute Gasteiger partial charge is 0.480 e. The number of aryl methyl sites for hydroxylation is 2. The van der Waals surface area contributed by atoms with E-state index >= 15 is 0 Å². The Morgan fingerprint density at radius 1 is 0.648 bits per heavy atom. The van der Waals surface area contributed by atoms with Gasteiger partial charge in [0.2, 0.25) is 29.6 Å². The van der Waals surface area contributed by atoms with Crippen LogP contribution in [0.1, 0.15) is 156 Å². The molecule has 1 fully saturated rings. The molecule has 12 rings (SSSR count). The molecule has 4 amide bonds. The van der Waals surface area contributed by atoms with Gasteiger partial charge in [0, 0.05) is 25.5 Å². The summed E-state index contributed by atoms with van der Waals surface area (Å²) in [5.41, 5.74) is 32.6. The number of anilines is 2. The second-order valence-electron chi connectivity index (χ2n) is 22.3. The maximum Gasteiger partial charge on any atom is 0.509 e. The zero-order chi connectivity index (χ0) is 78.3. The lowest BCUT2D eigenvalue weighted by atomic mass is 9.87. The number of fused-ring (bicyclic) bond motifs is 2. The monoisotopic (exact) mass is 1860 g/mol. The Labute approximate surface area is 676 Å². The van der Waals surface area contributed by atoms with Gasteiger partial charge in [-0.1, -0.05) is 11.3 Å². The third-order valence-electron chi connectivity index (χ3n) is 14.8. The molecular weight excluding hydrogens is 1790 g/mol. The van der Waals surface area contributed by atoms with Crippen LogP contribution in [0.15, 0.2) is 73.7 Å². The van der Waals surface area contributed by atoms with Crippen molar-refractivity contribution in [1.82, 2.24) is 81.1 Å². The van der Waals surface area contributed by atoms with Gasteiger partial charge in [-0.15, -0.1) is 62.3 Å².